The number of hydrogen-bond donors (Lipinski definition) is 0. The van der Waals surface area contributed by atoms with Gasteiger partial charge in [-0.05, 0) is 17.5 Å². The molecule has 0 aliphatic rings. The maximum absolute atomic E-state index is 12.3. The number of benzene rings is 1. The highest BCUT2D eigenvalue weighted by Crippen LogP contribution is 2.28. The Labute approximate surface area is 112 Å². The fourth-order valence-electron chi connectivity index (χ4n) is 1.70. The third kappa shape index (κ3) is 2.51. The molecule has 0 aliphatic heterocycles. The molecule has 19 heavy (non-hydrogen) atoms. The average molecular weight is 272 g/mol. The van der Waals surface area contributed by atoms with Gasteiger partial charge < -0.3 is 0 Å². The van der Waals surface area contributed by atoms with Crippen molar-refractivity contribution in [1.82, 2.24) is 0 Å². The SMILES string of the molecule is N#CC(C(=O)c1ccccc1[N+](=O)[O-])c1cccs1. The van der Waals surface area contributed by atoms with Gasteiger partial charge in [0, 0.05) is 10.9 Å². The molecule has 0 N–H and O–H groups in total. The second kappa shape index (κ2) is 5.42. The Hall–Kier alpha value is -2.52. The topological polar surface area (TPSA) is 84.0 Å². The smallest absolute Gasteiger partial charge is 0.280 e. The van der Waals surface area contributed by atoms with Gasteiger partial charge >= 0.3 is 0 Å². The van der Waals surface area contributed by atoms with Crippen LogP contribution in [-0.2, 0) is 0 Å². The number of hydrogen-bond acceptors (Lipinski definition) is 5. The van der Waals surface area contributed by atoms with Crippen molar-refractivity contribution in [1.29, 1.82) is 5.26 Å². The van der Waals surface area contributed by atoms with Crippen LogP contribution in [0.25, 0.3) is 0 Å². The molecule has 2 aromatic rings. The summed E-state index contributed by atoms with van der Waals surface area (Å²) in [6, 6.07) is 11.0. The normalized spacial score (nSPS) is 11.5. The lowest BCUT2D eigenvalue weighted by Crippen LogP contribution is -2.12. The van der Waals surface area contributed by atoms with Crippen LogP contribution in [0.2, 0.25) is 0 Å². The molecule has 1 unspecified atom stereocenters. The molecule has 0 amide bonds. The molecule has 0 saturated heterocycles. The van der Waals surface area contributed by atoms with Crippen LogP contribution in [0, 0.1) is 21.4 Å². The van der Waals surface area contributed by atoms with E-state index < -0.39 is 16.6 Å². The Balaban J connectivity index is 2.45. The second-order valence-electron chi connectivity index (χ2n) is 3.72. The average Bonchev–Trinajstić information content (AvgIpc) is 2.93. The molecule has 1 aromatic heterocycles. The van der Waals surface area contributed by atoms with Gasteiger partial charge in [-0.2, -0.15) is 5.26 Å². The predicted molar refractivity (Wildman–Crippen MR) is 70.1 cm³/mol. The first-order chi connectivity index (χ1) is 9.15. The maximum atomic E-state index is 12.3. The molecule has 0 aliphatic carbocycles. The van der Waals surface area contributed by atoms with E-state index >= 15 is 0 Å². The van der Waals surface area contributed by atoms with Gasteiger partial charge in [0.05, 0.1) is 16.6 Å². The highest BCUT2D eigenvalue weighted by Gasteiger charge is 2.28. The number of rotatable bonds is 4. The number of nitro benzene ring substituents is 1. The van der Waals surface area contributed by atoms with Crippen molar-refractivity contribution in [3.63, 3.8) is 0 Å². The fourth-order valence-corrected chi connectivity index (χ4v) is 2.47. The van der Waals surface area contributed by atoms with Crippen LogP contribution in [0.15, 0.2) is 41.8 Å². The van der Waals surface area contributed by atoms with Gasteiger partial charge in [-0.3, -0.25) is 14.9 Å². The monoisotopic (exact) mass is 272 g/mol. The third-order valence-electron chi connectivity index (χ3n) is 2.59. The lowest BCUT2D eigenvalue weighted by molar-refractivity contribution is -0.385. The van der Waals surface area contributed by atoms with E-state index in [9.17, 15) is 14.9 Å². The first-order valence-electron chi connectivity index (χ1n) is 5.36. The summed E-state index contributed by atoms with van der Waals surface area (Å²) in [4.78, 5) is 23.1. The van der Waals surface area contributed by atoms with Gasteiger partial charge in [0.2, 0.25) is 0 Å². The van der Waals surface area contributed by atoms with Crippen molar-refractivity contribution < 1.29 is 9.72 Å². The molecular formula is C13H8N2O3S. The molecule has 2 rings (SSSR count). The van der Waals surface area contributed by atoms with Gasteiger partial charge in [0.1, 0.15) is 5.92 Å². The van der Waals surface area contributed by atoms with E-state index in [1.54, 1.807) is 23.6 Å². The van der Waals surface area contributed by atoms with E-state index in [0.29, 0.717) is 4.88 Å². The van der Waals surface area contributed by atoms with E-state index in [2.05, 4.69) is 0 Å². The predicted octanol–water partition coefficient (Wildman–Crippen LogP) is 3.15. The first kappa shape index (κ1) is 12.9. The molecule has 1 atom stereocenters. The number of nitriles is 1. The number of carbonyl (C=O) groups excluding carboxylic acids is 1. The summed E-state index contributed by atoms with van der Waals surface area (Å²) >= 11 is 1.28. The summed E-state index contributed by atoms with van der Waals surface area (Å²) < 4.78 is 0. The van der Waals surface area contributed by atoms with E-state index in [4.69, 9.17) is 5.26 Å². The lowest BCUT2D eigenvalue weighted by Gasteiger charge is -2.06. The summed E-state index contributed by atoms with van der Waals surface area (Å²) in [7, 11) is 0. The molecule has 0 radical (unpaired) electrons. The maximum Gasteiger partial charge on any atom is 0.280 e. The van der Waals surface area contributed by atoms with Crippen molar-refractivity contribution in [3.05, 3.63) is 62.3 Å². The largest absolute Gasteiger partial charge is 0.292 e. The van der Waals surface area contributed by atoms with E-state index in [-0.39, 0.29) is 11.3 Å². The number of thiophene rings is 1. The molecule has 0 bridgehead atoms. The van der Waals surface area contributed by atoms with E-state index in [1.165, 1.54) is 29.5 Å². The Kier molecular flexibility index (Phi) is 3.68. The van der Waals surface area contributed by atoms with Crippen LogP contribution in [0.1, 0.15) is 21.2 Å². The first-order valence-corrected chi connectivity index (χ1v) is 6.23. The minimum Gasteiger partial charge on any atom is -0.292 e. The number of nitrogens with zero attached hydrogens (tertiary/aromatic N) is 2. The highest BCUT2D eigenvalue weighted by atomic mass is 32.1. The minimum atomic E-state index is -0.999. The van der Waals surface area contributed by atoms with Crippen LogP contribution in [0.5, 0.6) is 0 Å². The van der Waals surface area contributed by atoms with Crippen LogP contribution in [0.3, 0.4) is 0 Å². The van der Waals surface area contributed by atoms with Crippen molar-refractivity contribution in [3.8, 4) is 6.07 Å². The number of carbonyl (C=O) groups is 1. The van der Waals surface area contributed by atoms with Crippen LogP contribution in [-0.4, -0.2) is 10.7 Å². The lowest BCUT2D eigenvalue weighted by atomic mass is 9.96. The minimum absolute atomic E-state index is 0.0348. The second-order valence-corrected chi connectivity index (χ2v) is 4.70. The van der Waals surface area contributed by atoms with Crippen LogP contribution < -0.4 is 0 Å². The summed E-state index contributed by atoms with van der Waals surface area (Å²) in [6.07, 6.45) is 0. The van der Waals surface area contributed by atoms with Gasteiger partial charge in [-0.25, -0.2) is 0 Å². The Morgan fingerprint density at radius 3 is 2.63 bits per heavy atom. The number of Topliss-reactive ketones (excluding diaryl/α,β-unsaturated/α-hetero) is 1. The van der Waals surface area contributed by atoms with Gasteiger partial charge in [-0.1, -0.05) is 18.2 Å². The standard InChI is InChI=1S/C13H8N2O3S/c14-8-10(12-6-3-7-19-12)13(16)9-4-1-2-5-11(9)15(17)18/h1-7,10H. The van der Waals surface area contributed by atoms with Gasteiger partial charge in [0.15, 0.2) is 5.78 Å². The molecule has 1 heterocycles. The molecular weight excluding hydrogens is 264 g/mol. The third-order valence-corrected chi connectivity index (χ3v) is 3.52. The Morgan fingerprint density at radius 1 is 1.32 bits per heavy atom. The zero-order chi connectivity index (χ0) is 13.8. The number of para-hydroxylation sites is 1. The number of nitro groups is 1. The van der Waals surface area contributed by atoms with Crippen molar-refractivity contribution in [2.24, 2.45) is 0 Å². The summed E-state index contributed by atoms with van der Waals surface area (Å²) in [5.41, 5.74) is -0.309. The van der Waals surface area contributed by atoms with Crippen molar-refractivity contribution in [2.45, 2.75) is 5.92 Å². The van der Waals surface area contributed by atoms with Crippen molar-refractivity contribution >= 4 is 22.8 Å². The van der Waals surface area contributed by atoms with E-state index in [0.717, 1.165) is 0 Å². The molecule has 0 fully saturated rings. The quantitative estimate of drug-likeness (QED) is 0.486. The molecule has 0 saturated carbocycles. The molecule has 6 heteroatoms. The summed E-state index contributed by atoms with van der Waals surface area (Å²) in [5.74, 6) is -1.54. The number of ketones is 1. The molecule has 0 spiro atoms. The summed E-state index contributed by atoms with van der Waals surface area (Å²) in [6.45, 7) is 0. The van der Waals surface area contributed by atoms with Gasteiger partial charge in [0.25, 0.3) is 5.69 Å². The van der Waals surface area contributed by atoms with Crippen LogP contribution in [0.4, 0.5) is 5.69 Å². The molecule has 5 nitrogen and oxygen atoms in total. The van der Waals surface area contributed by atoms with Crippen LogP contribution >= 0.6 is 11.3 Å². The zero-order valence-corrected chi connectivity index (χ0v) is 10.5. The highest BCUT2D eigenvalue weighted by molar-refractivity contribution is 7.10. The van der Waals surface area contributed by atoms with Gasteiger partial charge in [-0.15, -0.1) is 11.3 Å². The van der Waals surface area contributed by atoms with Crippen molar-refractivity contribution in [2.75, 3.05) is 0 Å². The fraction of sp³-hybridized carbons (Fsp3) is 0.0769. The zero-order valence-electron chi connectivity index (χ0n) is 9.65. The molecule has 1 aromatic carbocycles. The van der Waals surface area contributed by atoms with E-state index in [1.807, 2.05) is 6.07 Å². The Morgan fingerprint density at radius 2 is 2.05 bits per heavy atom. The summed E-state index contributed by atoms with van der Waals surface area (Å²) in [5, 5.41) is 21.8. The Bertz CT molecular complexity index is 659. The molecule has 94 valence electrons.